The molecule has 0 fully saturated rings. The fraction of sp³-hybridized carbons (Fsp3) is 0.471. The minimum atomic E-state index is 0.204. The van der Waals surface area contributed by atoms with E-state index in [1.165, 1.54) is 11.1 Å². The van der Waals surface area contributed by atoms with Gasteiger partial charge in [-0.15, -0.1) is 0 Å². The van der Waals surface area contributed by atoms with Gasteiger partial charge < -0.3 is 10.1 Å². The summed E-state index contributed by atoms with van der Waals surface area (Å²) < 4.78 is 7.50. The molecule has 0 spiro atoms. The molecule has 2 aromatic rings. The first-order valence-electron chi connectivity index (χ1n) is 7.58. The first-order chi connectivity index (χ1) is 10.2. The lowest BCUT2D eigenvalue weighted by atomic mass is 10.0. The van der Waals surface area contributed by atoms with Gasteiger partial charge in [-0.25, -0.2) is 0 Å². The molecule has 0 aliphatic carbocycles. The van der Waals surface area contributed by atoms with Gasteiger partial charge in [0.05, 0.1) is 25.0 Å². The Morgan fingerprint density at radius 1 is 1.24 bits per heavy atom. The minimum Gasteiger partial charge on any atom is -0.493 e. The Labute approximate surface area is 127 Å². The number of benzene rings is 1. The van der Waals surface area contributed by atoms with Crippen molar-refractivity contribution < 1.29 is 4.74 Å². The maximum Gasteiger partial charge on any atom is 0.161 e. The van der Waals surface area contributed by atoms with Crippen LogP contribution in [0.5, 0.6) is 5.75 Å². The SMILES string of the molecule is CCNC(Cc1ccc(C)cc1)c1c(OC)cnn1CC. The van der Waals surface area contributed by atoms with E-state index in [-0.39, 0.29) is 6.04 Å². The van der Waals surface area contributed by atoms with Crippen LogP contribution in [-0.2, 0) is 13.0 Å². The lowest BCUT2D eigenvalue weighted by Crippen LogP contribution is -2.26. The lowest BCUT2D eigenvalue weighted by Gasteiger charge is -2.20. The average molecular weight is 287 g/mol. The number of hydrogen-bond acceptors (Lipinski definition) is 3. The summed E-state index contributed by atoms with van der Waals surface area (Å²) in [5, 5.41) is 7.97. The summed E-state index contributed by atoms with van der Waals surface area (Å²) in [6.07, 6.45) is 2.73. The summed E-state index contributed by atoms with van der Waals surface area (Å²) in [7, 11) is 1.70. The van der Waals surface area contributed by atoms with Crippen molar-refractivity contribution in [1.82, 2.24) is 15.1 Å². The molecule has 0 aliphatic heterocycles. The van der Waals surface area contributed by atoms with Gasteiger partial charge in [0.2, 0.25) is 0 Å². The molecule has 1 aromatic carbocycles. The summed E-state index contributed by atoms with van der Waals surface area (Å²) in [6.45, 7) is 8.09. The zero-order valence-electron chi connectivity index (χ0n) is 13.4. The van der Waals surface area contributed by atoms with Crippen molar-refractivity contribution in [2.45, 2.75) is 39.8 Å². The largest absolute Gasteiger partial charge is 0.493 e. The van der Waals surface area contributed by atoms with Crippen molar-refractivity contribution in [2.75, 3.05) is 13.7 Å². The molecule has 0 saturated carbocycles. The monoisotopic (exact) mass is 287 g/mol. The van der Waals surface area contributed by atoms with Gasteiger partial charge in [-0.05, 0) is 32.4 Å². The van der Waals surface area contributed by atoms with E-state index in [2.05, 4.69) is 55.5 Å². The van der Waals surface area contributed by atoms with Gasteiger partial charge >= 0.3 is 0 Å². The van der Waals surface area contributed by atoms with E-state index in [1.807, 2.05) is 4.68 Å². The van der Waals surface area contributed by atoms with Crippen LogP contribution in [0, 0.1) is 6.92 Å². The van der Waals surface area contributed by atoms with E-state index >= 15 is 0 Å². The minimum absolute atomic E-state index is 0.204. The number of aromatic nitrogens is 2. The van der Waals surface area contributed by atoms with Crippen LogP contribution in [0.1, 0.15) is 36.7 Å². The van der Waals surface area contributed by atoms with Crippen molar-refractivity contribution in [3.8, 4) is 5.75 Å². The zero-order chi connectivity index (χ0) is 15.2. The second-order valence-corrected chi connectivity index (χ2v) is 5.21. The van der Waals surface area contributed by atoms with E-state index in [9.17, 15) is 0 Å². The highest BCUT2D eigenvalue weighted by molar-refractivity contribution is 5.31. The highest BCUT2D eigenvalue weighted by Crippen LogP contribution is 2.27. The van der Waals surface area contributed by atoms with Gasteiger partial charge in [0.15, 0.2) is 5.75 Å². The Kier molecular flexibility index (Phi) is 5.39. The van der Waals surface area contributed by atoms with Crippen LogP contribution >= 0.6 is 0 Å². The van der Waals surface area contributed by atoms with Crippen LogP contribution in [0.3, 0.4) is 0 Å². The number of nitrogens with zero attached hydrogens (tertiary/aromatic N) is 2. The van der Waals surface area contributed by atoms with Crippen LogP contribution < -0.4 is 10.1 Å². The topological polar surface area (TPSA) is 39.1 Å². The molecular weight excluding hydrogens is 262 g/mol. The summed E-state index contributed by atoms with van der Waals surface area (Å²) >= 11 is 0. The van der Waals surface area contributed by atoms with Crippen LogP contribution in [0.15, 0.2) is 30.5 Å². The van der Waals surface area contributed by atoms with Crippen molar-refractivity contribution >= 4 is 0 Å². The third-order valence-corrected chi connectivity index (χ3v) is 3.71. The van der Waals surface area contributed by atoms with Gasteiger partial charge in [0, 0.05) is 6.54 Å². The van der Waals surface area contributed by atoms with Crippen molar-refractivity contribution in [3.05, 3.63) is 47.3 Å². The van der Waals surface area contributed by atoms with Gasteiger partial charge in [0.1, 0.15) is 0 Å². The molecule has 4 heteroatoms. The number of hydrogen-bond donors (Lipinski definition) is 1. The van der Waals surface area contributed by atoms with Crippen molar-refractivity contribution in [1.29, 1.82) is 0 Å². The first kappa shape index (κ1) is 15.6. The molecule has 4 nitrogen and oxygen atoms in total. The summed E-state index contributed by atoms with van der Waals surface area (Å²) in [6, 6.07) is 8.91. The van der Waals surface area contributed by atoms with Crippen LogP contribution in [-0.4, -0.2) is 23.4 Å². The highest BCUT2D eigenvalue weighted by Gasteiger charge is 2.21. The number of rotatable bonds is 7. The second kappa shape index (κ2) is 7.27. The maximum absolute atomic E-state index is 5.49. The van der Waals surface area contributed by atoms with Gasteiger partial charge in [0.25, 0.3) is 0 Å². The molecule has 1 unspecified atom stereocenters. The van der Waals surface area contributed by atoms with Crippen molar-refractivity contribution in [3.63, 3.8) is 0 Å². The Balaban J connectivity index is 2.30. The van der Waals surface area contributed by atoms with E-state index < -0.39 is 0 Å². The van der Waals surface area contributed by atoms with Gasteiger partial charge in [-0.2, -0.15) is 5.10 Å². The molecular formula is C17H25N3O. The van der Waals surface area contributed by atoms with Crippen LogP contribution in [0.4, 0.5) is 0 Å². The average Bonchev–Trinajstić information content (AvgIpc) is 2.92. The molecule has 0 aliphatic rings. The fourth-order valence-electron chi connectivity index (χ4n) is 2.61. The third-order valence-electron chi connectivity index (χ3n) is 3.71. The van der Waals surface area contributed by atoms with Gasteiger partial charge in [-0.3, -0.25) is 4.68 Å². The van der Waals surface area contributed by atoms with E-state index in [4.69, 9.17) is 4.74 Å². The van der Waals surface area contributed by atoms with Crippen LogP contribution in [0.25, 0.3) is 0 Å². The lowest BCUT2D eigenvalue weighted by molar-refractivity contribution is 0.391. The zero-order valence-corrected chi connectivity index (χ0v) is 13.4. The summed E-state index contributed by atoms with van der Waals surface area (Å²) in [4.78, 5) is 0. The Hall–Kier alpha value is -1.81. The van der Waals surface area contributed by atoms with Crippen molar-refractivity contribution in [2.24, 2.45) is 0 Å². The third kappa shape index (κ3) is 3.64. The van der Waals surface area contributed by atoms with Gasteiger partial charge in [-0.1, -0.05) is 36.8 Å². The molecule has 2 rings (SSSR count). The number of nitrogens with one attached hydrogen (secondary N) is 1. The molecule has 1 heterocycles. The quantitative estimate of drug-likeness (QED) is 0.850. The summed E-state index contributed by atoms with van der Waals surface area (Å²) in [5.74, 6) is 0.856. The highest BCUT2D eigenvalue weighted by atomic mass is 16.5. The molecule has 0 saturated heterocycles. The number of aryl methyl sites for hydroxylation is 2. The van der Waals surface area contributed by atoms with E-state index in [1.54, 1.807) is 13.3 Å². The fourth-order valence-corrected chi connectivity index (χ4v) is 2.61. The normalized spacial score (nSPS) is 12.4. The molecule has 1 N–H and O–H groups in total. The second-order valence-electron chi connectivity index (χ2n) is 5.21. The molecule has 0 radical (unpaired) electrons. The molecule has 1 atom stereocenters. The standard InChI is InChI=1S/C17H25N3O/c1-5-18-15(11-14-9-7-13(3)8-10-14)17-16(21-4)12-19-20(17)6-2/h7-10,12,15,18H,5-6,11H2,1-4H3. The number of likely N-dealkylation sites (N-methyl/N-ethyl adjacent to an activating group) is 1. The predicted octanol–water partition coefficient (Wildman–Crippen LogP) is 3.11. The van der Waals surface area contributed by atoms with E-state index in [0.717, 1.165) is 31.0 Å². The molecule has 1 aromatic heterocycles. The van der Waals surface area contributed by atoms with E-state index in [0.29, 0.717) is 0 Å². The predicted molar refractivity (Wildman–Crippen MR) is 85.8 cm³/mol. The molecule has 0 bridgehead atoms. The maximum atomic E-state index is 5.49. The molecule has 114 valence electrons. The Bertz CT molecular complexity index is 538. The molecule has 21 heavy (non-hydrogen) atoms. The Morgan fingerprint density at radius 2 is 1.95 bits per heavy atom. The first-order valence-corrected chi connectivity index (χ1v) is 7.58. The number of methoxy groups -OCH3 is 1. The van der Waals surface area contributed by atoms with Crippen LogP contribution in [0.2, 0.25) is 0 Å². The molecule has 0 amide bonds. The number of ether oxygens (including phenoxy) is 1. The smallest absolute Gasteiger partial charge is 0.161 e. The Morgan fingerprint density at radius 3 is 2.52 bits per heavy atom. The summed E-state index contributed by atoms with van der Waals surface area (Å²) in [5.41, 5.74) is 3.73.